The average molecular weight is 347 g/mol. The molecule has 0 aliphatic heterocycles. The van der Waals surface area contributed by atoms with E-state index in [0.717, 1.165) is 29.5 Å². The molecule has 0 spiro atoms. The third-order valence-electron chi connectivity index (χ3n) is 3.63. The van der Waals surface area contributed by atoms with Gasteiger partial charge in [0.15, 0.2) is 0 Å². The van der Waals surface area contributed by atoms with Crippen molar-refractivity contribution in [3.8, 4) is 17.2 Å². The second-order valence-corrected chi connectivity index (χ2v) is 7.16. The molecule has 3 rings (SSSR count). The Bertz CT molecular complexity index is 838. The van der Waals surface area contributed by atoms with E-state index in [2.05, 4.69) is 38.2 Å². The smallest absolute Gasteiger partial charge is 0.129 e. The second-order valence-electron chi connectivity index (χ2n) is 7.16. The van der Waals surface area contributed by atoms with Crippen LogP contribution in [0.4, 0.5) is 5.69 Å². The van der Waals surface area contributed by atoms with Crippen LogP contribution in [0.5, 0.6) is 17.2 Å². The van der Waals surface area contributed by atoms with Crippen LogP contribution in [0.25, 0.3) is 0 Å². The van der Waals surface area contributed by atoms with Crippen LogP contribution in [0.1, 0.15) is 26.3 Å². The highest BCUT2D eigenvalue weighted by Gasteiger charge is 2.11. The van der Waals surface area contributed by atoms with Crippen LogP contribution >= 0.6 is 0 Å². The maximum atomic E-state index is 5.93. The summed E-state index contributed by atoms with van der Waals surface area (Å²) < 4.78 is 11.8. The number of benzene rings is 3. The van der Waals surface area contributed by atoms with Gasteiger partial charge in [0.25, 0.3) is 0 Å². The molecule has 0 aliphatic rings. The van der Waals surface area contributed by atoms with E-state index in [9.17, 15) is 0 Å². The van der Waals surface area contributed by atoms with Crippen molar-refractivity contribution in [2.75, 3.05) is 5.32 Å². The molecule has 0 atom stereocenters. The van der Waals surface area contributed by atoms with E-state index >= 15 is 0 Å². The van der Waals surface area contributed by atoms with E-state index in [4.69, 9.17) is 9.47 Å². The zero-order chi connectivity index (χ0) is 18.4. The van der Waals surface area contributed by atoms with Crippen molar-refractivity contribution in [2.24, 2.45) is 0 Å². The van der Waals surface area contributed by atoms with E-state index in [1.54, 1.807) is 0 Å². The van der Waals surface area contributed by atoms with E-state index in [1.807, 2.05) is 66.7 Å². The highest BCUT2D eigenvalue weighted by molar-refractivity contribution is 5.49. The van der Waals surface area contributed by atoms with Crippen LogP contribution < -0.4 is 14.8 Å². The normalized spacial score (nSPS) is 11.0. The Morgan fingerprint density at radius 2 is 1.42 bits per heavy atom. The van der Waals surface area contributed by atoms with Crippen molar-refractivity contribution in [2.45, 2.75) is 32.9 Å². The summed E-state index contributed by atoms with van der Waals surface area (Å²) in [5.74, 6) is 2.53. The van der Waals surface area contributed by atoms with Crippen LogP contribution in [0, 0.1) is 0 Å². The quantitative estimate of drug-likeness (QED) is 0.570. The molecule has 3 nitrogen and oxygen atoms in total. The number of hydrogen-bond donors (Lipinski definition) is 1. The summed E-state index contributed by atoms with van der Waals surface area (Å²) in [6.45, 7) is 6.87. The lowest BCUT2D eigenvalue weighted by Crippen LogP contribution is -2.23. The lowest BCUT2D eigenvalue weighted by Gasteiger charge is -2.21. The van der Waals surface area contributed by atoms with Gasteiger partial charge in [-0.1, -0.05) is 36.4 Å². The van der Waals surface area contributed by atoms with Crippen molar-refractivity contribution in [1.82, 2.24) is 0 Å². The molecule has 0 aliphatic carbocycles. The minimum absolute atomic E-state index is 0.199. The van der Waals surface area contributed by atoms with Crippen LogP contribution in [0.2, 0.25) is 0 Å². The minimum atomic E-state index is -0.199. The number of hydrogen-bond acceptors (Lipinski definition) is 3. The number of ether oxygens (including phenoxy) is 2. The fraction of sp³-hybridized carbons (Fsp3) is 0.217. The van der Waals surface area contributed by atoms with Crippen molar-refractivity contribution in [3.63, 3.8) is 0 Å². The largest absolute Gasteiger partial charge is 0.488 e. The van der Waals surface area contributed by atoms with Gasteiger partial charge < -0.3 is 14.8 Å². The Morgan fingerprint density at radius 1 is 0.731 bits per heavy atom. The molecular weight excluding hydrogens is 322 g/mol. The zero-order valence-electron chi connectivity index (χ0n) is 15.5. The number of nitrogens with one attached hydrogen (secondary N) is 1. The lowest BCUT2D eigenvalue weighted by molar-refractivity contribution is 0.131. The van der Waals surface area contributed by atoms with Gasteiger partial charge in [-0.3, -0.25) is 0 Å². The first kappa shape index (κ1) is 17.9. The van der Waals surface area contributed by atoms with E-state index in [-0.39, 0.29) is 5.60 Å². The molecule has 0 fully saturated rings. The van der Waals surface area contributed by atoms with Gasteiger partial charge in [-0.25, -0.2) is 0 Å². The van der Waals surface area contributed by atoms with Crippen LogP contribution in [-0.2, 0) is 6.54 Å². The van der Waals surface area contributed by atoms with Gasteiger partial charge in [0, 0.05) is 18.3 Å². The molecule has 0 bridgehead atoms. The van der Waals surface area contributed by atoms with Crippen LogP contribution in [0.3, 0.4) is 0 Å². The van der Waals surface area contributed by atoms with Gasteiger partial charge in [0.05, 0.1) is 0 Å². The summed E-state index contributed by atoms with van der Waals surface area (Å²) in [5.41, 5.74) is 1.98. The number of anilines is 1. The highest BCUT2D eigenvalue weighted by Crippen LogP contribution is 2.25. The summed E-state index contributed by atoms with van der Waals surface area (Å²) in [4.78, 5) is 0. The fourth-order valence-corrected chi connectivity index (χ4v) is 2.57. The molecule has 0 saturated heterocycles. The Kier molecular flexibility index (Phi) is 5.47. The zero-order valence-corrected chi connectivity index (χ0v) is 15.5. The maximum Gasteiger partial charge on any atom is 0.129 e. The summed E-state index contributed by atoms with van der Waals surface area (Å²) in [7, 11) is 0. The highest BCUT2D eigenvalue weighted by atomic mass is 16.5. The van der Waals surface area contributed by atoms with Gasteiger partial charge in [0.1, 0.15) is 22.8 Å². The molecule has 26 heavy (non-hydrogen) atoms. The molecule has 3 aromatic carbocycles. The number of para-hydroxylation sites is 1. The van der Waals surface area contributed by atoms with Crippen LogP contribution in [0.15, 0.2) is 78.9 Å². The average Bonchev–Trinajstić information content (AvgIpc) is 2.60. The Hall–Kier alpha value is -2.94. The summed E-state index contributed by atoms with van der Waals surface area (Å²) in [5, 5.41) is 3.44. The fourth-order valence-electron chi connectivity index (χ4n) is 2.57. The Balaban J connectivity index is 1.63. The van der Waals surface area contributed by atoms with Gasteiger partial charge in [-0.05, 0) is 62.7 Å². The standard InChI is InChI=1S/C23H25NO2/c1-23(2,3)26-22-14-7-9-18(15-22)17-24-19-10-8-13-21(16-19)25-20-11-5-4-6-12-20/h4-16,24H,17H2,1-3H3. The van der Waals surface area contributed by atoms with Crippen LogP contribution in [-0.4, -0.2) is 5.60 Å². The molecule has 0 saturated carbocycles. The second kappa shape index (κ2) is 7.96. The predicted octanol–water partition coefficient (Wildman–Crippen LogP) is 6.27. The molecule has 0 aromatic heterocycles. The first-order chi connectivity index (χ1) is 12.5. The summed E-state index contributed by atoms with van der Waals surface area (Å²) >= 11 is 0. The molecule has 0 radical (unpaired) electrons. The predicted molar refractivity (Wildman–Crippen MR) is 107 cm³/mol. The minimum Gasteiger partial charge on any atom is -0.488 e. The molecule has 1 N–H and O–H groups in total. The Labute approximate surface area is 155 Å². The third-order valence-corrected chi connectivity index (χ3v) is 3.63. The molecule has 134 valence electrons. The monoisotopic (exact) mass is 347 g/mol. The molecule has 0 unspecified atom stereocenters. The summed E-state index contributed by atoms with van der Waals surface area (Å²) in [6, 6.07) is 25.9. The Morgan fingerprint density at radius 3 is 2.19 bits per heavy atom. The lowest BCUT2D eigenvalue weighted by atomic mass is 10.1. The summed E-state index contributed by atoms with van der Waals surface area (Å²) in [6.07, 6.45) is 0. The van der Waals surface area contributed by atoms with Gasteiger partial charge in [0.2, 0.25) is 0 Å². The first-order valence-corrected chi connectivity index (χ1v) is 8.83. The third kappa shape index (κ3) is 5.55. The van der Waals surface area contributed by atoms with Crippen molar-refractivity contribution >= 4 is 5.69 Å². The van der Waals surface area contributed by atoms with E-state index < -0.39 is 0 Å². The molecule has 0 amide bonds. The molecule has 0 heterocycles. The SMILES string of the molecule is CC(C)(C)Oc1cccc(CNc2cccc(Oc3ccccc3)c2)c1. The van der Waals surface area contributed by atoms with Gasteiger partial charge in [-0.2, -0.15) is 0 Å². The van der Waals surface area contributed by atoms with E-state index in [0.29, 0.717) is 0 Å². The van der Waals surface area contributed by atoms with Gasteiger partial charge in [-0.15, -0.1) is 0 Å². The van der Waals surface area contributed by atoms with E-state index in [1.165, 1.54) is 5.56 Å². The van der Waals surface area contributed by atoms with Gasteiger partial charge >= 0.3 is 0 Å². The van der Waals surface area contributed by atoms with Crippen molar-refractivity contribution in [1.29, 1.82) is 0 Å². The topological polar surface area (TPSA) is 30.5 Å². The molecule has 3 aromatic rings. The maximum absolute atomic E-state index is 5.93. The number of rotatable bonds is 6. The molecule has 3 heteroatoms. The first-order valence-electron chi connectivity index (χ1n) is 8.83. The molecular formula is C23H25NO2. The van der Waals surface area contributed by atoms with Crippen molar-refractivity contribution in [3.05, 3.63) is 84.4 Å². The van der Waals surface area contributed by atoms with Crippen molar-refractivity contribution < 1.29 is 9.47 Å².